The third-order valence-corrected chi connectivity index (χ3v) is 1.74. The smallest absolute Gasteiger partial charge is 0.343 e. The molecule has 2 N–H and O–H groups in total. The monoisotopic (exact) mass is 163 g/mol. The number of rotatable bonds is 2. The second kappa shape index (κ2) is 2.75. The third-order valence-electron chi connectivity index (χ3n) is 1.74. The van der Waals surface area contributed by atoms with Gasteiger partial charge < -0.3 is 15.2 Å². The Morgan fingerprint density at radius 3 is 2.64 bits per heavy atom. The first-order valence-corrected chi connectivity index (χ1v) is 3.25. The standard InChI is InChI=1S/C6H10FNO3/c1-11-5(9)4(7)6(10)2-8-3-6/h4,8,10H,2-3H2,1H3. The predicted molar refractivity (Wildman–Crippen MR) is 34.7 cm³/mol. The maximum atomic E-state index is 12.9. The van der Waals surface area contributed by atoms with Crippen LogP contribution in [0.1, 0.15) is 0 Å². The van der Waals surface area contributed by atoms with Crippen LogP contribution in [-0.4, -0.2) is 43.0 Å². The summed E-state index contributed by atoms with van der Waals surface area (Å²) in [5.41, 5.74) is -1.55. The van der Waals surface area contributed by atoms with Crippen LogP contribution in [0.5, 0.6) is 0 Å². The number of halogens is 1. The van der Waals surface area contributed by atoms with E-state index in [2.05, 4.69) is 10.1 Å². The Labute approximate surface area is 63.3 Å². The van der Waals surface area contributed by atoms with Gasteiger partial charge in [0.15, 0.2) is 0 Å². The molecule has 11 heavy (non-hydrogen) atoms. The van der Waals surface area contributed by atoms with Crippen molar-refractivity contribution in [2.24, 2.45) is 0 Å². The van der Waals surface area contributed by atoms with Gasteiger partial charge in [0.2, 0.25) is 6.17 Å². The van der Waals surface area contributed by atoms with Gasteiger partial charge in [-0.15, -0.1) is 0 Å². The van der Waals surface area contributed by atoms with Crippen LogP contribution in [0.2, 0.25) is 0 Å². The van der Waals surface area contributed by atoms with Crippen molar-refractivity contribution in [2.45, 2.75) is 11.8 Å². The number of ether oxygens (including phenoxy) is 1. The van der Waals surface area contributed by atoms with Gasteiger partial charge in [0.25, 0.3) is 0 Å². The molecule has 0 aromatic rings. The number of esters is 1. The van der Waals surface area contributed by atoms with Crippen molar-refractivity contribution in [2.75, 3.05) is 20.2 Å². The van der Waals surface area contributed by atoms with Crippen LogP contribution in [0.15, 0.2) is 0 Å². The highest BCUT2D eigenvalue weighted by Gasteiger charge is 2.47. The lowest BCUT2D eigenvalue weighted by molar-refractivity contribution is -0.162. The molecule has 0 radical (unpaired) electrons. The summed E-state index contributed by atoms with van der Waals surface area (Å²) in [4.78, 5) is 10.6. The van der Waals surface area contributed by atoms with Gasteiger partial charge in [0.05, 0.1) is 7.11 Å². The average molecular weight is 163 g/mol. The minimum atomic E-state index is -1.94. The van der Waals surface area contributed by atoms with Crippen molar-refractivity contribution < 1.29 is 19.0 Å². The molecule has 0 aliphatic carbocycles. The summed E-state index contributed by atoms with van der Waals surface area (Å²) < 4.78 is 17.0. The molecule has 1 saturated heterocycles. The quantitative estimate of drug-likeness (QED) is 0.504. The molecular formula is C6H10FNO3. The molecule has 1 rings (SSSR count). The molecule has 0 amide bonds. The normalized spacial score (nSPS) is 23.5. The Morgan fingerprint density at radius 1 is 1.82 bits per heavy atom. The van der Waals surface area contributed by atoms with Crippen LogP contribution in [-0.2, 0) is 9.53 Å². The molecule has 0 aromatic carbocycles. The highest BCUT2D eigenvalue weighted by atomic mass is 19.1. The van der Waals surface area contributed by atoms with Crippen molar-refractivity contribution in [3.05, 3.63) is 0 Å². The van der Waals surface area contributed by atoms with E-state index < -0.39 is 17.7 Å². The van der Waals surface area contributed by atoms with E-state index in [0.29, 0.717) is 0 Å². The number of nitrogens with one attached hydrogen (secondary N) is 1. The lowest BCUT2D eigenvalue weighted by Gasteiger charge is -2.38. The van der Waals surface area contributed by atoms with Gasteiger partial charge in [0, 0.05) is 13.1 Å². The molecule has 5 heteroatoms. The SMILES string of the molecule is COC(=O)C(F)C1(O)CNC1. The van der Waals surface area contributed by atoms with Crippen molar-refractivity contribution >= 4 is 5.97 Å². The molecule has 1 heterocycles. The summed E-state index contributed by atoms with van der Waals surface area (Å²) in [5.74, 6) is -1.02. The zero-order valence-electron chi connectivity index (χ0n) is 6.13. The lowest BCUT2D eigenvalue weighted by atomic mass is 9.91. The van der Waals surface area contributed by atoms with Crippen LogP contribution >= 0.6 is 0 Å². The third kappa shape index (κ3) is 1.34. The van der Waals surface area contributed by atoms with Crippen LogP contribution in [0, 0.1) is 0 Å². The second-order valence-electron chi connectivity index (χ2n) is 2.59. The van der Waals surface area contributed by atoms with Crippen molar-refractivity contribution in [1.29, 1.82) is 0 Å². The zero-order chi connectivity index (χ0) is 8.48. The Hall–Kier alpha value is -0.680. The van der Waals surface area contributed by atoms with E-state index in [1.54, 1.807) is 0 Å². The van der Waals surface area contributed by atoms with E-state index in [4.69, 9.17) is 0 Å². The molecule has 64 valence electrons. The summed E-state index contributed by atoms with van der Waals surface area (Å²) in [7, 11) is 1.09. The molecule has 1 fully saturated rings. The van der Waals surface area contributed by atoms with Gasteiger partial charge in [0.1, 0.15) is 5.60 Å². The summed E-state index contributed by atoms with van der Waals surface area (Å²) in [6.07, 6.45) is -1.94. The van der Waals surface area contributed by atoms with Gasteiger partial charge in [-0.2, -0.15) is 0 Å². The van der Waals surface area contributed by atoms with Gasteiger partial charge in [-0.1, -0.05) is 0 Å². The summed E-state index contributed by atoms with van der Waals surface area (Å²) in [6, 6.07) is 0. The topological polar surface area (TPSA) is 58.6 Å². The Kier molecular flexibility index (Phi) is 2.10. The van der Waals surface area contributed by atoms with Gasteiger partial charge in [-0.05, 0) is 0 Å². The molecular weight excluding hydrogens is 153 g/mol. The van der Waals surface area contributed by atoms with Crippen molar-refractivity contribution in [3.63, 3.8) is 0 Å². The van der Waals surface area contributed by atoms with Gasteiger partial charge in [-0.25, -0.2) is 9.18 Å². The van der Waals surface area contributed by atoms with E-state index in [0.717, 1.165) is 7.11 Å². The van der Waals surface area contributed by atoms with Crippen LogP contribution in [0.3, 0.4) is 0 Å². The molecule has 1 atom stereocenters. The number of alkyl halides is 1. The van der Waals surface area contributed by atoms with E-state index >= 15 is 0 Å². The molecule has 4 nitrogen and oxygen atoms in total. The molecule has 1 unspecified atom stereocenters. The van der Waals surface area contributed by atoms with E-state index in [-0.39, 0.29) is 13.1 Å². The fraction of sp³-hybridized carbons (Fsp3) is 0.833. The van der Waals surface area contributed by atoms with E-state index in [1.165, 1.54) is 0 Å². The number of hydrogen-bond acceptors (Lipinski definition) is 4. The highest BCUT2D eigenvalue weighted by molar-refractivity contribution is 5.76. The maximum Gasteiger partial charge on any atom is 0.343 e. The zero-order valence-corrected chi connectivity index (χ0v) is 6.13. The van der Waals surface area contributed by atoms with Gasteiger partial charge in [-0.3, -0.25) is 0 Å². The van der Waals surface area contributed by atoms with Crippen LogP contribution in [0.4, 0.5) is 4.39 Å². The fourth-order valence-corrected chi connectivity index (χ4v) is 0.883. The Balaban J connectivity index is 2.52. The van der Waals surface area contributed by atoms with Crippen LogP contribution in [0.25, 0.3) is 0 Å². The summed E-state index contributed by atoms with van der Waals surface area (Å²) >= 11 is 0. The molecule has 0 saturated carbocycles. The number of β-amino-alcohol motifs (C(OH)–C–C–N with tert-alkyl or cyclic N) is 1. The largest absolute Gasteiger partial charge is 0.467 e. The minimum Gasteiger partial charge on any atom is -0.467 e. The number of aliphatic hydroxyl groups is 1. The fourth-order valence-electron chi connectivity index (χ4n) is 0.883. The van der Waals surface area contributed by atoms with E-state index in [1.807, 2.05) is 0 Å². The number of carbonyl (C=O) groups is 1. The molecule has 0 spiro atoms. The average Bonchev–Trinajstić information content (AvgIpc) is 1.97. The Morgan fingerprint density at radius 2 is 2.36 bits per heavy atom. The Bertz CT molecular complexity index is 169. The summed E-state index contributed by atoms with van der Waals surface area (Å²) in [5, 5.41) is 11.9. The lowest BCUT2D eigenvalue weighted by Crippen LogP contribution is -2.66. The first-order valence-electron chi connectivity index (χ1n) is 3.25. The molecule has 1 aliphatic heterocycles. The van der Waals surface area contributed by atoms with Crippen LogP contribution < -0.4 is 5.32 Å². The predicted octanol–water partition coefficient (Wildman–Crippen LogP) is -1.17. The summed E-state index contributed by atoms with van der Waals surface area (Å²) in [6.45, 7) is 0.201. The van der Waals surface area contributed by atoms with E-state index in [9.17, 15) is 14.3 Å². The second-order valence-corrected chi connectivity index (χ2v) is 2.59. The highest BCUT2D eigenvalue weighted by Crippen LogP contribution is 2.19. The first kappa shape index (κ1) is 8.42. The molecule has 0 bridgehead atoms. The van der Waals surface area contributed by atoms with Crippen molar-refractivity contribution in [1.82, 2.24) is 5.32 Å². The molecule has 1 aliphatic rings. The van der Waals surface area contributed by atoms with Crippen molar-refractivity contribution in [3.8, 4) is 0 Å². The molecule has 0 aromatic heterocycles. The number of methoxy groups -OCH3 is 1. The van der Waals surface area contributed by atoms with Gasteiger partial charge >= 0.3 is 5.97 Å². The number of hydrogen-bond donors (Lipinski definition) is 2. The first-order chi connectivity index (χ1) is 5.10. The minimum absolute atomic E-state index is 0.100. The maximum absolute atomic E-state index is 12.9. The number of carbonyl (C=O) groups excluding carboxylic acids is 1.